The van der Waals surface area contributed by atoms with Crippen LogP contribution in [0.4, 0.5) is 0 Å². The number of thiazole rings is 1. The van der Waals surface area contributed by atoms with Crippen LogP contribution in [0.3, 0.4) is 0 Å². The first-order valence-electron chi connectivity index (χ1n) is 7.59. The van der Waals surface area contributed by atoms with E-state index in [0.29, 0.717) is 13.1 Å². The molecule has 0 atom stereocenters. The second-order valence-corrected chi connectivity index (χ2v) is 8.92. The zero-order chi connectivity index (χ0) is 16.2. The van der Waals surface area contributed by atoms with Gasteiger partial charge in [0.2, 0.25) is 10.0 Å². The van der Waals surface area contributed by atoms with E-state index < -0.39 is 10.0 Å². The zero-order valence-electron chi connectivity index (χ0n) is 13.5. The van der Waals surface area contributed by atoms with E-state index in [-0.39, 0.29) is 18.5 Å². The summed E-state index contributed by atoms with van der Waals surface area (Å²) < 4.78 is 31.4. The van der Waals surface area contributed by atoms with Crippen molar-refractivity contribution in [1.82, 2.24) is 14.2 Å². The molecule has 1 aromatic rings. The average molecular weight is 348 g/mol. The number of hydrogen-bond donors (Lipinski definition) is 0. The van der Waals surface area contributed by atoms with Gasteiger partial charge in [-0.15, -0.1) is 11.3 Å². The number of sulfonamides is 1. The number of piperazine rings is 1. The van der Waals surface area contributed by atoms with Crippen LogP contribution in [0, 0.1) is 6.92 Å². The maximum Gasteiger partial charge on any atom is 0.216 e. The van der Waals surface area contributed by atoms with E-state index in [0.717, 1.165) is 30.3 Å². The van der Waals surface area contributed by atoms with E-state index >= 15 is 0 Å². The summed E-state index contributed by atoms with van der Waals surface area (Å²) in [5, 5.41) is 3.14. The number of nitrogens with zero attached hydrogens (tertiary/aromatic N) is 3. The van der Waals surface area contributed by atoms with Gasteiger partial charge in [-0.2, -0.15) is 4.31 Å². The summed E-state index contributed by atoms with van der Waals surface area (Å²) in [6.45, 7) is 9.48. The van der Waals surface area contributed by atoms with Gasteiger partial charge in [-0.05, 0) is 20.8 Å². The fraction of sp³-hybridized carbons (Fsp3) is 0.786. The molecule has 0 saturated carbocycles. The zero-order valence-corrected chi connectivity index (χ0v) is 15.1. The third-order valence-corrected chi connectivity index (χ3v) is 6.23. The second kappa shape index (κ2) is 7.83. The number of ether oxygens (including phenoxy) is 1. The minimum absolute atomic E-state index is 0.0635. The van der Waals surface area contributed by atoms with Crippen molar-refractivity contribution in [2.45, 2.75) is 33.4 Å². The fourth-order valence-corrected chi connectivity index (χ4v) is 4.28. The maximum absolute atomic E-state index is 12.3. The molecule has 2 heterocycles. The van der Waals surface area contributed by atoms with Crippen molar-refractivity contribution in [3.63, 3.8) is 0 Å². The molecule has 0 unspecified atom stereocenters. The molecule has 0 N–H and O–H groups in total. The number of aryl methyl sites for hydroxylation is 1. The van der Waals surface area contributed by atoms with Crippen molar-refractivity contribution in [2.75, 3.05) is 38.5 Å². The Bertz CT molecular complexity index is 564. The molecule has 0 aromatic carbocycles. The Morgan fingerprint density at radius 3 is 2.55 bits per heavy atom. The minimum atomic E-state index is -3.20. The lowest BCUT2D eigenvalue weighted by molar-refractivity contribution is 0.0902. The van der Waals surface area contributed by atoms with Gasteiger partial charge < -0.3 is 4.74 Å². The van der Waals surface area contributed by atoms with Gasteiger partial charge in [0.05, 0.1) is 29.2 Å². The highest BCUT2D eigenvalue weighted by atomic mass is 32.2. The van der Waals surface area contributed by atoms with Gasteiger partial charge >= 0.3 is 0 Å². The molecule has 2 rings (SSSR count). The quantitative estimate of drug-likeness (QED) is 0.744. The summed E-state index contributed by atoms with van der Waals surface area (Å²) in [6, 6.07) is 0. The van der Waals surface area contributed by atoms with Crippen LogP contribution < -0.4 is 0 Å². The molecule has 1 aromatic heterocycles. The van der Waals surface area contributed by atoms with Gasteiger partial charge in [-0.25, -0.2) is 13.4 Å². The lowest BCUT2D eigenvalue weighted by Crippen LogP contribution is -2.49. The summed E-state index contributed by atoms with van der Waals surface area (Å²) >= 11 is 1.65. The van der Waals surface area contributed by atoms with E-state index in [1.165, 1.54) is 0 Å². The smallest absolute Gasteiger partial charge is 0.216 e. The Morgan fingerprint density at radius 1 is 1.32 bits per heavy atom. The molecular formula is C14H25N3O3S2. The summed E-state index contributed by atoms with van der Waals surface area (Å²) in [6.07, 6.45) is 0.0635. The molecular weight excluding hydrogens is 322 g/mol. The van der Waals surface area contributed by atoms with Crippen LogP contribution in [0.2, 0.25) is 0 Å². The molecule has 1 aliphatic rings. The van der Waals surface area contributed by atoms with E-state index in [1.807, 2.05) is 20.8 Å². The van der Waals surface area contributed by atoms with Gasteiger partial charge in [0.25, 0.3) is 0 Å². The van der Waals surface area contributed by atoms with E-state index in [4.69, 9.17) is 4.74 Å². The molecule has 0 bridgehead atoms. The fourth-order valence-electron chi connectivity index (χ4n) is 2.39. The van der Waals surface area contributed by atoms with Crippen LogP contribution in [0.15, 0.2) is 5.38 Å². The normalized spacial score (nSPS) is 18.2. The van der Waals surface area contributed by atoms with Crippen molar-refractivity contribution in [3.8, 4) is 0 Å². The van der Waals surface area contributed by atoms with E-state index in [1.54, 1.807) is 15.6 Å². The molecule has 0 aliphatic carbocycles. The van der Waals surface area contributed by atoms with Crippen LogP contribution in [-0.4, -0.2) is 67.2 Å². The Hall–Kier alpha value is -0.540. The first kappa shape index (κ1) is 17.8. The van der Waals surface area contributed by atoms with E-state index in [2.05, 4.69) is 15.3 Å². The third-order valence-electron chi connectivity index (χ3n) is 3.57. The van der Waals surface area contributed by atoms with Crippen LogP contribution in [0.25, 0.3) is 0 Å². The maximum atomic E-state index is 12.3. The summed E-state index contributed by atoms with van der Waals surface area (Å²) in [5.41, 5.74) is 1.07. The lowest BCUT2D eigenvalue weighted by atomic mass is 10.3. The van der Waals surface area contributed by atoms with E-state index in [9.17, 15) is 8.42 Å². The molecule has 126 valence electrons. The highest BCUT2D eigenvalue weighted by molar-refractivity contribution is 7.89. The SMILES string of the molecule is Cc1nc(CN2CCN(S(=O)(=O)CCOC(C)C)CC2)cs1. The molecule has 8 heteroatoms. The highest BCUT2D eigenvalue weighted by Gasteiger charge is 2.26. The van der Waals surface area contributed by atoms with Gasteiger partial charge in [-0.3, -0.25) is 4.90 Å². The molecule has 0 radical (unpaired) electrons. The lowest BCUT2D eigenvalue weighted by Gasteiger charge is -2.33. The standard InChI is InChI=1S/C14H25N3O3S2/c1-12(2)20-8-9-22(18,19)17-6-4-16(5-7-17)10-14-11-21-13(3)15-14/h11-12H,4-10H2,1-3H3. The van der Waals surface area contributed by atoms with Crippen LogP contribution in [-0.2, 0) is 21.3 Å². The third kappa shape index (κ3) is 5.27. The Morgan fingerprint density at radius 2 is 2.00 bits per heavy atom. The summed E-state index contributed by atoms with van der Waals surface area (Å²) in [5.74, 6) is 0.0659. The van der Waals surface area contributed by atoms with Crippen molar-refractivity contribution in [3.05, 3.63) is 16.1 Å². The molecule has 1 fully saturated rings. The molecule has 0 amide bonds. The molecule has 6 nitrogen and oxygen atoms in total. The summed E-state index contributed by atoms with van der Waals surface area (Å²) in [7, 11) is -3.20. The molecule has 0 spiro atoms. The Balaban J connectivity index is 1.78. The summed E-state index contributed by atoms with van der Waals surface area (Å²) in [4.78, 5) is 6.71. The van der Waals surface area contributed by atoms with Crippen LogP contribution in [0.5, 0.6) is 0 Å². The molecule has 22 heavy (non-hydrogen) atoms. The first-order chi connectivity index (χ1) is 10.4. The molecule has 1 saturated heterocycles. The minimum Gasteiger partial charge on any atom is -0.378 e. The number of aromatic nitrogens is 1. The average Bonchev–Trinajstić information content (AvgIpc) is 2.84. The predicted molar refractivity (Wildman–Crippen MR) is 88.6 cm³/mol. The number of hydrogen-bond acceptors (Lipinski definition) is 6. The van der Waals surface area contributed by atoms with Gasteiger partial charge in [-0.1, -0.05) is 0 Å². The first-order valence-corrected chi connectivity index (χ1v) is 10.1. The largest absolute Gasteiger partial charge is 0.378 e. The Labute approximate surface area is 137 Å². The van der Waals surface area contributed by atoms with Crippen LogP contribution >= 0.6 is 11.3 Å². The second-order valence-electron chi connectivity index (χ2n) is 5.77. The van der Waals surface area contributed by atoms with Crippen molar-refractivity contribution >= 4 is 21.4 Å². The van der Waals surface area contributed by atoms with Gasteiger partial charge in [0, 0.05) is 38.1 Å². The van der Waals surface area contributed by atoms with Crippen molar-refractivity contribution < 1.29 is 13.2 Å². The van der Waals surface area contributed by atoms with Gasteiger partial charge in [0.15, 0.2) is 0 Å². The van der Waals surface area contributed by atoms with Crippen molar-refractivity contribution in [1.29, 1.82) is 0 Å². The predicted octanol–water partition coefficient (Wildman–Crippen LogP) is 1.32. The Kier molecular flexibility index (Phi) is 6.34. The highest BCUT2D eigenvalue weighted by Crippen LogP contribution is 2.14. The van der Waals surface area contributed by atoms with Gasteiger partial charge in [0.1, 0.15) is 0 Å². The molecule has 1 aliphatic heterocycles. The van der Waals surface area contributed by atoms with Crippen LogP contribution in [0.1, 0.15) is 24.5 Å². The van der Waals surface area contributed by atoms with Crippen molar-refractivity contribution in [2.24, 2.45) is 0 Å². The monoisotopic (exact) mass is 347 g/mol. The number of rotatable bonds is 7. The topological polar surface area (TPSA) is 62.7 Å².